The summed E-state index contributed by atoms with van der Waals surface area (Å²) in [7, 11) is -3.37. The molecule has 1 aromatic carbocycles. The fraction of sp³-hybridized carbons (Fsp3) is 0.267. The number of anilines is 1. The Morgan fingerprint density at radius 3 is 2.73 bits per heavy atom. The first-order chi connectivity index (χ1) is 10.5. The number of sulfonamides is 1. The summed E-state index contributed by atoms with van der Waals surface area (Å²) < 4.78 is 31.1. The maximum absolute atomic E-state index is 12.1. The third-order valence-corrected chi connectivity index (χ3v) is 4.37. The SMILES string of the molecule is CCCS(=O)(=O)Nc1cccc(C(=O)NCc2ccco2)c1. The first kappa shape index (κ1) is 16.1. The van der Waals surface area contributed by atoms with Gasteiger partial charge in [-0.05, 0) is 36.8 Å². The molecule has 0 atom stereocenters. The Hall–Kier alpha value is -2.28. The number of hydrogen-bond donors (Lipinski definition) is 2. The van der Waals surface area contributed by atoms with Crippen molar-refractivity contribution in [1.29, 1.82) is 0 Å². The Labute approximate surface area is 129 Å². The van der Waals surface area contributed by atoms with Crippen LogP contribution in [-0.2, 0) is 16.6 Å². The third kappa shape index (κ3) is 4.63. The minimum atomic E-state index is -3.37. The highest BCUT2D eigenvalue weighted by molar-refractivity contribution is 7.92. The Morgan fingerprint density at radius 1 is 1.23 bits per heavy atom. The normalized spacial score (nSPS) is 11.1. The second kappa shape index (κ2) is 7.13. The van der Waals surface area contributed by atoms with Gasteiger partial charge in [-0.25, -0.2) is 8.42 Å². The molecule has 6 nitrogen and oxygen atoms in total. The lowest BCUT2D eigenvalue weighted by Gasteiger charge is -2.09. The molecule has 0 unspecified atom stereocenters. The topological polar surface area (TPSA) is 88.4 Å². The van der Waals surface area contributed by atoms with Crippen LogP contribution in [0.4, 0.5) is 5.69 Å². The maximum atomic E-state index is 12.1. The van der Waals surface area contributed by atoms with Crippen LogP contribution < -0.4 is 10.0 Å². The summed E-state index contributed by atoms with van der Waals surface area (Å²) in [6, 6.07) is 9.86. The smallest absolute Gasteiger partial charge is 0.251 e. The second-order valence-corrected chi connectivity index (χ2v) is 6.61. The fourth-order valence-corrected chi connectivity index (χ4v) is 3.03. The molecular weight excluding hydrogens is 304 g/mol. The van der Waals surface area contributed by atoms with Crippen molar-refractivity contribution in [2.45, 2.75) is 19.9 Å². The molecule has 0 saturated heterocycles. The van der Waals surface area contributed by atoms with E-state index in [-0.39, 0.29) is 18.2 Å². The van der Waals surface area contributed by atoms with Gasteiger partial charge in [0.1, 0.15) is 5.76 Å². The highest BCUT2D eigenvalue weighted by Crippen LogP contribution is 2.13. The van der Waals surface area contributed by atoms with Gasteiger partial charge in [0.15, 0.2) is 0 Å². The van der Waals surface area contributed by atoms with Gasteiger partial charge in [0.25, 0.3) is 5.91 Å². The summed E-state index contributed by atoms with van der Waals surface area (Å²) in [5.41, 5.74) is 0.752. The van der Waals surface area contributed by atoms with Gasteiger partial charge >= 0.3 is 0 Å². The highest BCUT2D eigenvalue weighted by atomic mass is 32.2. The van der Waals surface area contributed by atoms with Crippen LogP contribution in [0.2, 0.25) is 0 Å². The number of nitrogens with one attached hydrogen (secondary N) is 2. The molecule has 1 amide bonds. The molecule has 0 fully saturated rings. The van der Waals surface area contributed by atoms with Crippen LogP contribution in [0.3, 0.4) is 0 Å². The van der Waals surface area contributed by atoms with E-state index in [1.54, 1.807) is 37.3 Å². The molecule has 0 aliphatic rings. The number of rotatable bonds is 7. The molecule has 1 heterocycles. The molecule has 2 aromatic rings. The van der Waals surface area contributed by atoms with Gasteiger partial charge in [-0.15, -0.1) is 0 Å². The Morgan fingerprint density at radius 2 is 2.05 bits per heavy atom. The molecule has 1 aromatic heterocycles. The van der Waals surface area contributed by atoms with Crippen LogP contribution in [0, 0.1) is 0 Å². The number of amides is 1. The highest BCUT2D eigenvalue weighted by Gasteiger charge is 2.11. The van der Waals surface area contributed by atoms with E-state index < -0.39 is 10.0 Å². The molecule has 0 bridgehead atoms. The molecule has 0 radical (unpaired) electrons. The van der Waals surface area contributed by atoms with Gasteiger partial charge in [0, 0.05) is 11.3 Å². The van der Waals surface area contributed by atoms with E-state index in [1.807, 2.05) is 0 Å². The average Bonchev–Trinajstić information content (AvgIpc) is 2.97. The third-order valence-electron chi connectivity index (χ3n) is 2.87. The summed E-state index contributed by atoms with van der Waals surface area (Å²) >= 11 is 0. The molecule has 22 heavy (non-hydrogen) atoms. The van der Waals surface area contributed by atoms with Crippen molar-refractivity contribution in [3.05, 3.63) is 54.0 Å². The molecule has 0 saturated carbocycles. The van der Waals surface area contributed by atoms with Crippen molar-refractivity contribution < 1.29 is 17.6 Å². The van der Waals surface area contributed by atoms with Gasteiger partial charge in [-0.3, -0.25) is 9.52 Å². The maximum Gasteiger partial charge on any atom is 0.251 e. The number of carbonyl (C=O) groups is 1. The average molecular weight is 322 g/mol. The lowest BCUT2D eigenvalue weighted by Crippen LogP contribution is -2.23. The number of furan rings is 1. The molecule has 0 aliphatic heterocycles. The van der Waals surface area contributed by atoms with E-state index in [0.29, 0.717) is 23.4 Å². The van der Waals surface area contributed by atoms with Crippen LogP contribution in [0.15, 0.2) is 47.1 Å². The van der Waals surface area contributed by atoms with E-state index in [4.69, 9.17) is 4.42 Å². The van der Waals surface area contributed by atoms with Crippen molar-refractivity contribution in [3.8, 4) is 0 Å². The summed E-state index contributed by atoms with van der Waals surface area (Å²) in [5.74, 6) is 0.392. The summed E-state index contributed by atoms with van der Waals surface area (Å²) in [6.45, 7) is 2.06. The zero-order chi connectivity index (χ0) is 16.0. The van der Waals surface area contributed by atoms with E-state index in [2.05, 4.69) is 10.0 Å². The molecular formula is C15H18N2O4S. The zero-order valence-electron chi connectivity index (χ0n) is 12.2. The summed E-state index contributed by atoms with van der Waals surface area (Å²) in [5, 5.41) is 2.71. The Kier molecular flexibility index (Phi) is 5.21. The molecule has 2 N–H and O–H groups in total. The largest absolute Gasteiger partial charge is 0.467 e. The van der Waals surface area contributed by atoms with E-state index >= 15 is 0 Å². The number of benzene rings is 1. The first-order valence-corrected chi connectivity index (χ1v) is 8.56. The molecule has 7 heteroatoms. The Bertz CT molecular complexity index is 724. The van der Waals surface area contributed by atoms with Gasteiger partial charge in [-0.1, -0.05) is 13.0 Å². The molecule has 0 aliphatic carbocycles. The lowest BCUT2D eigenvalue weighted by atomic mass is 10.2. The van der Waals surface area contributed by atoms with Gasteiger partial charge < -0.3 is 9.73 Å². The first-order valence-electron chi connectivity index (χ1n) is 6.91. The molecule has 2 rings (SSSR count). The van der Waals surface area contributed by atoms with Crippen molar-refractivity contribution in [1.82, 2.24) is 5.32 Å². The van der Waals surface area contributed by atoms with Crippen LogP contribution in [0.5, 0.6) is 0 Å². The Balaban J connectivity index is 2.02. The van der Waals surface area contributed by atoms with Gasteiger partial charge in [0.05, 0.1) is 18.6 Å². The summed E-state index contributed by atoms with van der Waals surface area (Å²) in [4.78, 5) is 12.1. The molecule has 0 spiro atoms. The van der Waals surface area contributed by atoms with Crippen LogP contribution in [-0.4, -0.2) is 20.1 Å². The van der Waals surface area contributed by atoms with Gasteiger partial charge in [0.2, 0.25) is 10.0 Å². The van der Waals surface area contributed by atoms with E-state index in [1.165, 1.54) is 12.3 Å². The van der Waals surface area contributed by atoms with Crippen LogP contribution in [0.1, 0.15) is 29.5 Å². The standard InChI is InChI=1S/C15H18N2O4S/c1-2-9-22(19,20)17-13-6-3-5-12(10-13)15(18)16-11-14-7-4-8-21-14/h3-8,10,17H,2,9,11H2,1H3,(H,16,18). The van der Waals surface area contributed by atoms with Crippen molar-refractivity contribution >= 4 is 21.6 Å². The predicted octanol–water partition coefficient (Wildman–Crippen LogP) is 2.36. The minimum Gasteiger partial charge on any atom is -0.467 e. The monoisotopic (exact) mass is 322 g/mol. The fourth-order valence-electron chi connectivity index (χ4n) is 1.91. The van der Waals surface area contributed by atoms with Crippen molar-refractivity contribution in [2.24, 2.45) is 0 Å². The van der Waals surface area contributed by atoms with Crippen molar-refractivity contribution in [2.75, 3.05) is 10.5 Å². The number of hydrogen-bond acceptors (Lipinski definition) is 4. The van der Waals surface area contributed by atoms with Gasteiger partial charge in [-0.2, -0.15) is 0 Å². The zero-order valence-corrected chi connectivity index (χ0v) is 13.0. The lowest BCUT2D eigenvalue weighted by molar-refractivity contribution is 0.0948. The van der Waals surface area contributed by atoms with Crippen molar-refractivity contribution in [3.63, 3.8) is 0 Å². The van der Waals surface area contributed by atoms with Crippen LogP contribution >= 0.6 is 0 Å². The van der Waals surface area contributed by atoms with E-state index in [0.717, 1.165) is 0 Å². The van der Waals surface area contributed by atoms with Crippen LogP contribution in [0.25, 0.3) is 0 Å². The second-order valence-electron chi connectivity index (χ2n) is 4.76. The molecule has 118 valence electrons. The van der Waals surface area contributed by atoms with E-state index in [9.17, 15) is 13.2 Å². The summed E-state index contributed by atoms with van der Waals surface area (Å²) in [6.07, 6.45) is 2.06. The predicted molar refractivity (Wildman–Crippen MR) is 84.0 cm³/mol. The minimum absolute atomic E-state index is 0.0436. The number of carbonyl (C=O) groups excluding carboxylic acids is 1. The quantitative estimate of drug-likeness (QED) is 0.819.